The molecule has 1 aliphatic heterocycles. The van der Waals surface area contributed by atoms with E-state index in [2.05, 4.69) is 10.3 Å². The molecular formula is C22H30FN3O5Si. The zero-order chi connectivity index (χ0) is 23.7. The Labute approximate surface area is 187 Å². The normalized spacial score (nSPS) is 23.8. The number of alkyl halides is 1. The van der Waals surface area contributed by atoms with Crippen molar-refractivity contribution in [2.75, 3.05) is 11.9 Å². The predicted octanol–water partition coefficient (Wildman–Crippen LogP) is 3.11. The maximum atomic E-state index is 15.4. The molecule has 1 aromatic carbocycles. The highest BCUT2D eigenvalue weighted by Gasteiger charge is 2.51. The molecule has 2 heterocycles. The van der Waals surface area contributed by atoms with Crippen LogP contribution in [-0.4, -0.2) is 53.9 Å². The monoisotopic (exact) mass is 463 g/mol. The van der Waals surface area contributed by atoms with E-state index >= 15 is 4.39 Å². The lowest BCUT2D eigenvalue weighted by atomic mass is 10.1. The van der Waals surface area contributed by atoms with Crippen LogP contribution in [0.1, 0.15) is 37.4 Å². The van der Waals surface area contributed by atoms with E-state index in [1.165, 1.54) is 12.3 Å². The van der Waals surface area contributed by atoms with E-state index in [0.29, 0.717) is 5.56 Å². The van der Waals surface area contributed by atoms with Crippen molar-refractivity contribution in [2.24, 2.45) is 0 Å². The van der Waals surface area contributed by atoms with Crippen molar-refractivity contribution in [3.05, 3.63) is 58.6 Å². The van der Waals surface area contributed by atoms with E-state index < -0.39 is 51.1 Å². The molecule has 2 aromatic rings. The highest BCUT2D eigenvalue weighted by atomic mass is 28.4. The summed E-state index contributed by atoms with van der Waals surface area (Å²) in [6.45, 7) is 9.63. The maximum Gasteiger partial charge on any atom is 0.351 e. The zero-order valence-electron chi connectivity index (χ0n) is 18.9. The maximum absolute atomic E-state index is 15.4. The van der Waals surface area contributed by atoms with Crippen LogP contribution in [0.25, 0.3) is 0 Å². The van der Waals surface area contributed by atoms with Gasteiger partial charge >= 0.3 is 5.69 Å². The Balaban J connectivity index is 1.79. The van der Waals surface area contributed by atoms with Crippen molar-refractivity contribution in [3.8, 4) is 0 Å². The molecule has 3 rings (SSSR count). The number of aliphatic hydroxyl groups excluding tert-OH is 1. The molecule has 0 aliphatic carbocycles. The number of aromatic nitrogens is 2. The minimum atomic E-state index is -2.36. The average molecular weight is 464 g/mol. The minimum Gasteiger partial charge on any atom is -0.408 e. The van der Waals surface area contributed by atoms with Crippen LogP contribution in [0, 0.1) is 0 Å². The molecule has 10 heteroatoms. The first-order valence-corrected chi connectivity index (χ1v) is 13.4. The first-order valence-electron chi connectivity index (χ1n) is 10.5. The Morgan fingerprint density at radius 3 is 2.50 bits per heavy atom. The predicted molar refractivity (Wildman–Crippen MR) is 121 cm³/mol. The summed E-state index contributed by atoms with van der Waals surface area (Å²) in [5.74, 6) is -0.375. The Morgan fingerprint density at radius 2 is 1.94 bits per heavy atom. The molecule has 2 N–H and O–H groups in total. The number of nitrogens with zero attached hydrogens (tertiary/aromatic N) is 2. The van der Waals surface area contributed by atoms with Crippen LogP contribution in [0.4, 0.5) is 10.2 Å². The number of rotatable bonds is 6. The smallest absolute Gasteiger partial charge is 0.351 e. The lowest BCUT2D eigenvalue weighted by Gasteiger charge is -2.39. The summed E-state index contributed by atoms with van der Waals surface area (Å²) in [4.78, 5) is 28.7. The number of halogens is 1. The molecular weight excluding hydrogens is 433 g/mol. The van der Waals surface area contributed by atoms with Crippen LogP contribution < -0.4 is 11.0 Å². The van der Waals surface area contributed by atoms with E-state index in [9.17, 15) is 14.7 Å². The number of benzene rings is 1. The van der Waals surface area contributed by atoms with Gasteiger partial charge < -0.3 is 19.6 Å². The highest BCUT2D eigenvalue weighted by molar-refractivity contribution is 6.74. The topological polar surface area (TPSA) is 103 Å². The van der Waals surface area contributed by atoms with Gasteiger partial charge in [-0.15, -0.1) is 0 Å². The molecule has 1 saturated heterocycles. The number of nitrogens with one attached hydrogen (secondary N) is 1. The summed E-state index contributed by atoms with van der Waals surface area (Å²) < 4.78 is 28.3. The number of ether oxygens (including phenoxy) is 1. The van der Waals surface area contributed by atoms with Crippen LogP contribution in [-0.2, 0) is 9.16 Å². The van der Waals surface area contributed by atoms with Crippen molar-refractivity contribution in [1.29, 1.82) is 0 Å². The van der Waals surface area contributed by atoms with Crippen molar-refractivity contribution in [2.45, 2.75) is 63.5 Å². The Hall–Kier alpha value is -2.40. The number of hydrogen-bond acceptors (Lipinski definition) is 6. The third kappa shape index (κ3) is 4.98. The van der Waals surface area contributed by atoms with Gasteiger partial charge in [-0.05, 0) is 36.3 Å². The van der Waals surface area contributed by atoms with Gasteiger partial charge in [-0.2, -0.15) is 4.98 Å². The van der Waals surface area contributed by atoms with E-state index in [1.807, 2.05) is 33.9 Å². The van der Waals surface area contributed by atoms with Crippen LogP contribution in [0.5, 0.6) is 0 Å². The van der Waals surface area contributed by atoms with Crippen LogP contribution in [0.3, 0.4) is 0 Å². The van der Waals surface area contributed by atoms with Crippen molar-refractivity contribution < 1.29 is 23.5 Å². The molecule has 1 fully saturated rings. The van der Waals surface area contributed by atoms with E-state index in [4.69, 9.17) is 9.16 Å². The summed E-state index contributed by atoms with van der Waals surface area (Å²) in [5, 5.41) is 12.1. The molecule has 4 atom stereocenters. The van der Waals surface area contributed by atoms with Gasteiger partial charge in [-0.1, -0.05) is 39.0 Å². The molecule has 1 amide bonds. The minimum absolute atomic E-state index is 0.0429. The van der Waals surface area contributed by atoms with E-state index in [1.54, 1.807) is 30.3 Å². The molecule has 8 nitrogen and oxygen atoms in total. The second-order valence-corrected chi connectivity index (χ2v) is 14.1. The highest BCUT2D eigenvalue weighted by Crippen LogP contribution is 2.41. The molecule has 32 heavy (non-hydrogen) atoms. The van der Waals surface area contributed by atoms with E-state index in [0.717, 1.165) is 4.57 Å². The number of amides is 1. The second-order valence-electron chi connectivity index (χ2n) is 9.36. The molecule has 0 saturated carbocycles. The summed E-state index contributed by atoms with van der Waals surface area (Å²) in [7, 11) is -2.36. The fraction of sp³-hybridized carbons (Fsp3) is 0.500. The van der Waals surface area contributed by atoms with Gasteiger partial charge in [0.1, 0.15) is 18.0 Å². The fourth-order valence-corrected chi connectivity index (χ4v) is 4.49. The zero-order valence-corrected chi connectivity index (χ0v) is 19.9. The lowest BCUT2D eigenvalue weighted by Crippen LogP contribution is -2.49. The number of carbonyl (C=O) groups is 1. The fourth-order valence-electron chi connectivity index (χ4n) is 3.18. The van der Waals surface area contributed by atoms with Gasteiger partial charge in [0, 0.05) is 11.8 Å². The molecule has 1 aromatic heterocycles. The molecule has 1 aliphatic rings. The largest absolute Gasteiger partial charge is 0.408 e. The third-order valence-corrected chi connectivity index (χ3v) is 10.5. The number of carbonyl (C=O) groups excluding carboxylic acids is 1. The van der Waals surface area contributed by atoms with Gasteiger partial charge in [-0.25, -0.2) is 9.18 Å². The number of hydrogen-bond donors (Lipinski definition) is 2. The summed E-state index contributed by atoms with van der Waals surface area (Å²) in [5.41, 5.74) is -0.369. The molecule has 0 radical (unpaired) electrons. The number of anilines is 1. The van der Waals surface area contributed by atoms with Gasteiger partial charge in [0.05, 0.1) is 6.61 Å². The molecule has 0 bridgehead atoms. The quantitative estimate of drug-likeness (QED) is 0.638. The van der Waals surface area contributed by atoms with Crippen LogP contribution >= 0.6 is 0 Å². The molecule has 174 valence electrons. The van der Waals surface area contributed by atoms with Crippen molar-refractivity contribution in [3.63, 3.8) is 0 Å². The van der Waals surface area contributed by atoms with Gasteiger partial charge in [-0.3, -0.25) is 9.36 Å². The lowest BCUT2D eigenvalue weighted by molar-refractivity contribution is -0.0478. The summed E-state index contributed by atoms with van der Waals surface area (Å²) in [6.07, 6.45) is -3.56. The second kappa shape index (κ2) is 9.22. The van der Waals surface area contributed by atoms with Crippen molar-refractivity contribution >= 4 is 20.0 Å². The summed E-state index contributed by atoms with van der Waals surface area (Å²) >= 11 is 0. The van der Waals surface area contributed by atoms with E-state index in [-0.39, 0.29) is 10.9 Å². The van der Waals surface area contributed by atoms with Gasteiger partial charge in [0.25, 0.3) is 5.91 Å². The Morgan fingerprint density at radius 1 is 1.28 bits per heavy atom. The SMILES string of the molecule is CC(C)(C)[Si](C)(C)O[C@H]1[C@H](F)[C@H](n2ccc(NC(=O)c3ccccc3)nc2=O)O[C@@H]1CO. The van der Waals surface area contributed by atoms with Crippen molar-refractivity contribution in [1.82, 2.24) is 9.55 Å². The standard InChI is InChI=1S/C22H30FN3O5Si/c1-22(2,3)32(4,5)31-18-15(13-27)30-20(17(18)23)26-12-11-16(25-21(26)29)24-19(28)14-9-7-6-8-10-14/h6-12,15,17-18,20,27H,13H2,1-5H3,(H,24,25,28,29)/t15-,17+,18-,20-/m1/s1. The third-order valence-electron chi connectivity index (χ3n) is 6.07. The Bertz CT molecular complexity index is 1010. The van der Waals surface area contributed by atoms with Gasteiger partial charge in [0.15, 0.2) is 20.7 Å². The summed E-state index contributed by atoms with van der Waals surface area (Å²) in [6, 6.07) is 9.89. The van der Waals surface area contributed by atoms with Crippen LogP contribution in [0.2, 0.25) is 18.1 Å². The Kier molecular flexibility index (Phi) is 6.99. The van der Waals surface area contributed by atoms with Crippen LogP contribution in [0.15, 0.2) is 47.4 Å². The number of aliphatic hydroxyl groups is 1. The first kappa shape index (κ1) is 24.2. The average Bonchev–Trinajstić information content (AvgIpc) is 3.03. The van der Waals surface area contributed by atoms with Gasteiger partial charge in [0.2, 0.25) is 0 Å². The molecule has 0 unspecified atom stereocenters. The first-order chi connectivity index (χ1) is 14.9. The molecule has 0 spiro atoms.